The van der Waals surface area contributed by atoms with Crippen molar-refractivity contribution >= 4 is 5.91 Å². The van der Waals surface area contributed by atoms with Crippen LogP contribution in [0.25, 0.3) is 0 Å². The maximum atomic E-state index is 12.7. The minimum absolute atomic E-state index is 0.119. The molecule has 0 aliphatic carbocycles. The SMILES string of the molecule is COc1ccccc1O[C@H](C)C(=O)N[C@H]1CC(C)(C)Oc2ccccc21. The van der Waals surface area contributed by atoms with Crippen LogP contribution in [0, 0.1) is 0 Å². The van der Waals surface area contributed by atoms with Crippen molar-refractivity contribution in [3.63, 3.8) is 0 Å². The van der Waals surface area contributed by atoms with Crippen LogP contribution in [0.5, 0.6) is 17.2 Å². The van der Waals surface area contributed by atoms with E-state index in [1.807, 2.05) is 50.2 Å². The third kappa shape index (κ3) is 3.93. The summed E-state index contributed by atoms with van der Waals surface area (Å²) in [7, 11) is 1.58. The summed E-state index contributed by atoms with van der Waals surface area (Å²) in [5, 5.41) is 3.10. The molecule has 0 aromatic heterocycles. The van der Waals surface area contributed by atoms with E-state index < -0.39 is 6.10 Å². The highest BCUT2D eigenvalue weighted by Crippen LogP contribution is 2.39. The third-order valence-electron chi connectivity index (χ3n) is 4.43. The number of ether oxygens (including phenoxy) is 3. The number of hydrogen-bond acceptors (Lipinski definition) is 4. The predicted molar refractivity (Wildman–Crippen MR) is 99.7 cm³/mol. The Morgan fingerprint density at radius 2 is 1.81 bits per heavy atom. The van der Waals surface area contributed by atoms with Gasteiger partial charge in [0.1, 0.15) is 11.4 Å². The third-order valence-corrected chi connectivity index (χ3v) is 4.43. The Balaban J connectivity index is 1.73. The highest BCUT2D eigenvalue weighted by Gasteiger charge is 2.35. The first kappa shape index (κ1) is 18.1. The van der Waals surface area contributed by atoms with Gasteiger partial charge in [-0.2, -0.15) is 0 Å². The van der Waals surface area contributed by atoms with Crippen LogP contribution in [0.3, 0.4) is 0 Å². The van der Waals surface area contributed by atoms with Crippen molar-refractivity contribution in [3.05, 3.63) is 54.1 Å². The highest BCUT2D eigenvalue weighted by atomic mass is 16.5. The first-order valence-electron chi connectivity index (χ1n) is 8.77. The van der Waals surface area contributed by atoms with E-state index in [4.69, 9.17) is 14.2 Å². The molecule has 1 heterocycles. The van der Waals surface area contributed by atoms with Gasteiger partial charge in [-0.1, -0.05) is 30.3 Å². The summed E-state index contributed by atoms with van der Waals surface area (Å²) in [6.07, 6.45) is 0.0429. The number of rotatable bonds is 5. The zero-order valence-corrected chi connectivity index (χ0v) is 15.6. The summed E-state index contributed by atoms with van der Waals surface area (Å²) >= 11 is 0. The van der Waals surface area contributed by atoms with Crippen molar-refractivity contribution in [1.29, 1.82) is 0 Å². The van der Waals surface area contributed by atoms with Gasteiger partial charge in [-0.25, -0.2) is 0 Å². The predicted octanol–water partition coefficient (Wildman–Crippen LogP) is 3.88. The molecule has 0 radical (unpaired) electrons. The summed E-state index contributed by atoms with van der Waals surface area (Å²) in [6, 6.07) is 15.0. The number of para-hydroxylation sites is 3. The summed E-state index contributed by atoms with van der Waals surface area (Å²) in [5.74, 6) is 1.79. The molecule has 0 spiro atoms. The largest absolute Gasteiger partial charge is 0.493 e. The summed E-state index contributed by atoms with van der Waals surface area (Å²) < 4.78 is 17.1. The van der Waals surface area contributed by atoms with Crippen molar-refractivity contribution < 1.29 is 19.0 Å². The molecule has 1 N–H and O–H groups in total. The molecule has 2 atom stereocenters. The number of nitrogens with one attached hydrogen (secondary N) is 1. The lowest BCUT2D eigenvalue weighted by Crippen LogP contribution is -2.44. The molecule has 0 saturated heterocycles. The minimum Gasteiger partial charge on any atom is -0.493 e. The number of benzene rings is 2. The smallest absolute Gasteiger partial charge is 0.261 e. The Morgan fingerprint density at radius 3 is 2.54 bits per heavy atom. The van der Waals surface area contributed by atoms with Gasteiger partial charge >= 0.3 is 0 Å². The molecule has 0 saturated carbocycles. The minimum atomic E-state index is -0.649. The van der Waals surface area contributed by atoms with Gasteiger partial charge in [-0.05, 0) is 39.0 Å². The van der Waals surface area contributed by atoms with Gasteiger partial charge in [0.2, 0.25) is 0 Å². The van der Waals surface area contributed by atoms with Gasteiger partial charge in [-0.15, -0.1) is 0 Å². The molecule has 5 nitrogen and oxygen atoms in total. The van der Waals surface area contributed by atoms with E-state index in [-0.39, 0.29) is 17.6 Å². The average Bonchev–Trinajstić information content (AvgIpc) is 2.61. The van der Waals surface area contributed by atoms with Crippen LogP contribution in [0.15, 0.2) is 48.5 Å². The van der Waals surface area contributed by atoms with E-state index in [2.05, 4.69) is 5.32 Å². The molecule has 1 aliphatic heterocycles. The average molecular weight is 355 g/mol. The summed E-state index contributed by atoms with van der Waals surface area (Å²) in [6.45, 7) is 5.78. The van der Waals surface area contributed by atoms with E-state index in [1.165, 1.54) is 0 Å². The zero-order valence-electron chi connectivity index (χ0n) is 15.6. The summed E-state index contributed by atoms with van der Waals surface area (Å²) in [4.78, 5) is 12.7. The van der Waals surface area contributed by atoms with Crippen molar-refractivity contribution in [1.82, 2.24) is 5.32 Å². The standard InChI is InChI=1S/C21H25NO4/c1-14(25-19-12-8-7-11-18(19)24-4)20(23)22-16-13-21(2,3)26-17-10-6-5-9-15(16)17/h5-12,14,16H,13H2,1-4H3,(H,22,23)/t14-,16+/m1/s1. The van der Waals surface area contributed by atoms with Crippen molar-refractivity contribution in [2.24, 2.45) is 0 Å². The van der Waals surface area contributed by atoms with E-state index in [9.17, 15) is 4.79 Å². The molecule has 1 amide bonds. The first-order chi connectivity index (χ1) is 12.4. The summed E-state index contributed by atoms with van der Waals surface area (Å²) in [5.41, 5.74) is 0.642. The quantitative estimate of drug-likeness (QED) is 0.884. The lowest BCUT2D eigenvalue weighted by Gasteiger charge is -2.38. The van der Waals surface area contributed by atoms with Gasteiger partial charge in [-0.3, -0.25) is 4.79 Å². The van der Waals surface area contributed by atoms with Crippen LogP contribution in [0.4, 0.5) is 0 Å². The van der Waals surface area contributed by atoms with Crippen molar-refractivity contribution in [2.75, 3.05) is 7.11 Å². The number of hydrogen-bond donors (Lipinski definition) is 1. The maximum Gasteiger partial charge on any atom is 0.261 e. The molecule has 2 aromatic carbocycles. The molecule has 26 heavy (non-hydrogen) atoms. The van der Waals surface area contributed by atoms with Crippen LogP contribution in [0.1, 0.15) is 38.8 Å². The van der Waals surface area contributed by atoms with Crippen LogP contribution in [0.2, 0.25) is 0 Å². The van der Waals surface area contributed by atoms with E-state index in [0.29, 0.717) is 17.9 Å². The topological polar surface area (TPSA) is 56.8 Å². The Hall–Kier alpha value is -2.69. The van der Waals surface area contributed by atoms with Gasteiger partial charge in [0, 0.05) is 12.0 Å². The van der Waals surface area contributed by atoms with Crippen LogP contribution in [-0.4, -0.2) is 24.7 Å². The number of carbonyl (C=O) groups is 1. The van der Waals surface area contributed by atoms with E-state index in [0.717, 1.165) is 11.3 Å². The molecule has 0 bridgehead atoms. The fraction of sp³-hybridized carbons (Fsp3) is 0.381. The fourth-order valence-corrected chi connectivity index (χ4v) is 3.18. The fourth-order valence-electron chi connectivity index (χ4n) is 3.18. The van der Waals surface area contributed by atoms with Gasteiger partial charge in [0.15, 0.2) is 17.6 Å². The van der Waals surface area contributed by atoms with Crippen molar-refractivity contribution in [3.8, 4) is 17.2 Å². The number of amides is 1. The lowest BCUT2D eigenvalue weighted by molar-refractivity contribution is -0.128. The number of fused-ring (bicyclic) bond motifs is 1. The molecule has 2 aromatic rings. The second kappa shape index (κ2) is 7.28. The lowest BCUT2D eigenvalue weighted by atomic mass is 9.89. The van der Waals surface area contributed by atoms with Crippen LogP contribution >= 0.6 is 0 Å². The molecular formula is C21H25NO4. The second-order valence-electron chi connectivity index (χ2n) is 7.08. The molecule has 1 aliphatic rings. The molecule has 5 heteroatoms. The van der Waals surface area contributed by atoms with Crippen LogP contribution < -0.4 is 19.5 Å². The van der Waals surface area contributed by atoms with E-state index in [1.54, 1.807) is 26.2 Å². The molecule has 138 valence electrons. The Morgan fingerprint density at radius 1 is 1.15 bits per heavy atom. The maximum absolute atomic E-state index is 12.7. The number of carbonyl (C=O) groups excluding carboxylic acids is 1. The second-order valence-corrected chi connectivity index (χ2v) is 7.08. The monoisotopic (exact) mass is 355 g/mol. The van der Waals surface area contributed by atoms with E-state index >= 15 is 0 Å². The van der Waals surface area contributed by atoms with Gasteiger partial charge < -0.3 is 19.5 Å². The molecule has 3 rings (SSSR count). The highest BCUT2D eigenvalue weighted by molar-refractivity contribution is 5.81. The van der Waals surface area contributed by atoms with Crippen molar-refractivity contribution in [2.45, 2.75) is 44.9 Å². The Labute approximate surface area is 154 Å². The number of methoxy groups -OCH3 is 1. The Kier molecular flexibility index (Phi) is 5.07. The first-order valence-corrected chi connectivity index (χ1v) is 8.77. The zero-order chi connectivity index (χ0) is 18.7. The normalized spacial score (nSPS) is 18.8. The molecule has 0 fully saturated rings. The van der Waals surface area contributed by atoms with Gasteiger partial charge in [0.25, 0.3) is 5.91 Å². The molecule has 0 unspecified atom stereocenters. The van der Waals surface area contributed by atoms with Crippen LogP contribution in [-0.2, 0) is 4.79 Å². The molecular weight excluding hydrogens is 330 g/mol. The Bertz CT molecular complexity index is 787. The van der Waals surface area contributed by atoms with Gasteiger partial charge in [0.05, 0.1) is 13.2 Å².